The van der Waals surface area contributed by atoms with Crippen molar-refractivity contribution in [1.29, 1.82) is 0 Å². The van der Waals surface area contributed by atoms with Gasteiger partial charge in [-0.05, 0) is 50.7 Å². The van der Waals surface area contributed by atoms with E-state index in [0.29, 0.717) is 43.5 Å². The van der Waals surface area contributed by atoms with E-state index in [2.05, 4.69) is 5.32 Å². The number of fused-ring (bicyclic) bond motifs is 2. The van der Waals surface area contributed by atoms with Gasteiger partial charge < -0.3 is 10.4 Å². The van der Waals surface area contributed by atoms with Crippen LogP contribution in [0.5, 0.6) is 0 Å². The lowest BCUT2D eigenvalue weighted by atomic mass is 9.80. The summed E-state index contributed by atoms with van der Waals surface area (Å²) in [6, 6.07) is 4.81. The van der Waals surface area contributed by atoms with E-state index in [1.807, 2.05) is 6.07 Å². The lowest BCUT2D eigenvalue weighted by Crippen LogP contribution is -2.47. The largest absolute Gasteiger partial charge is 0.481 e. The molecule has 2 amide bonds. The third-order valence-corrected chi connectivity index (χ3v) is 6.48. The maximum absolute atomic E-state index is 14.6. The molecule has 1 spiro atoms. The number of hydrogen-bond donors (Lipinski definition) is 2. The fourth-order valence-corrected chi connectivity index (χ4v) is 5.11. The monoisotopic (exact) mass is 360 g/mol. The van der Waals surface area contributed by atoms with Gasteiger partial charge >= 0.3 is 12.0 Å². The lowest BCUT2D eigenvalue weighted by Gasteiger charge is -2.30. The van der Waals surface area contributed by atoms with Crippen LogP contribution < -0.4 is 10.2 Å². The van der Waals surface area contributed by atoms with Crippen molar-refractivity contribution >= 4 is 17.7 Å². The summed E-state index contributed by atoms with van der Waals surface area (Å²) in [7, 11) is 0. The predicted molar refractivity (Wildman–Crippen MR) is 95.8 cm³/mol. The second kappa shape index (κ2) is 6.56. The van der Waals surface area contributed by atoms with Crippen molar-refractivity contribution in [3.63, 3.8) is 0 Å². The Morgan fingerprint density at radius 2 is 1.85 bits per heavy atom. The molecule has 2 fully saturated rings. The second-order valence-corrected chi connectivity index (χ2v) is 8.04. The standard InChI is InChI=1S/C20H25FN2O3/c21-15-4-3-5-16-17(15)20(10-1-2-11-20)12-23(16)19(26)22-14-8-6-13(7-9-14)18(24)25/h3-5,13-14H,1-2,6-12H2,(H,22,26)(H,24,25). The molecule has 0 radical (unpaired) electrons. The summed E-state index contributed by atoms with van der Waals surface area (Å²) in [5.41, 5.74) is 1.17. The van der Waals surface area contributed by atoms with Crippen molar-refractivity contribution in [2.75, 3.05) is 11.4 Å². The molecule has 3 aliphatic rings. The first-order chi connectivity index (χ1) is 12.5. The molecule has 1 aromatic rings. The summed E-state index contributed by atoms with van der Waals surface area (Å²) >= 11 is 0. The number of nitrogens with zero attached hydrogens (tertiary/aromatic N) is 1. The minimum atomic E-state index is -0.748. The van der Waals surface area contributed by atoms with E-state index in [1.54, 1.807) is 11.0 Å². The molecular weight excluding hydrogens is 335 g/mol. The summed E-state index contributed by atoms with van der Waals surface area (Å²) in [6.45, 7) is 0.541. The van der Waals surface area contributed by atoms with Crippen LogP contribution >= 0.6 is 0 Å². The number of carbonyl (C=O) groups is 2. The summed E-state index contributed by atoms with van der Waals surface area (Å²) < 4.78 is 14.6. The van der Waals surface area contributed by atoms with Gasteiger partial charge in [0.15, 0.2) is 0 Å². The molecule has 0 bridgehead atoms. The molecule has 140 valence electrons. The molecule has 0 atom stereocenters. The normalized spacial score (nSPS) is 26.7. The van der Waals surface area contributed by atoms with Gasteiger partial charge in [0.05, 0.1) is 11.6 Å². The van der Waals surface area contributed by atoms with Crippen LogP contribution in [0.1, 0.15) is 56.9 Å². The molecule has 0 aromatic heterocycles. The zero-order valence-corrected chi connectivity index (χ0v) is 14.8. The fraction of sp³-hybridized carbons (Fsp3) is 0.600. The molecule has 6 heteroatoms. The molecule has 1 aliphatic heterocycles. The summed E-state index contributed by atoms with van der Waals surface area (Å²) in [6.07, 6.45) is 6.54. The van der Waals surface area contributed by atoms with Gasteiger partial charge in [-0.25, -0.2) is 9.18 Å². The van der Waals surface area contributed by atoms with Crippen molar-refractivity contribution < 1.29 is 19.1 Å². The molecular formula is C20H25FN2O3. The summed E-state index contributed by atoms with van der Waals surface area (Å²) in [5, 5.41) is 12.2. The van der Waals surface area contributed by atoms with E-state index in [-0.39, 0.29) is 29.2 Å². The highest BCUT2D eigenvalue weighted by Crippen LogP contribution is 2.51. The fourth-order valence-electron chi connectivity index (χ4n) is 5.11. The molecule has 2 aliphatic carbocycles. The Balaban J connectivity index is 1.49. The minimum absolute atomic E-state index is 0.00441. The van der Waals surface area contributed by atoms with Crippen molar-refractivity contribution in [2.24, 2.45) is 5.92 Å². The van der Waals surface area contributed by atoms with Crippen LogP contribution in [0.4, 0.5) is 14.9 Å². The number of anilines is 1. The lowest BCUT2D eigenvalue weighted by molar-refractivity contribution is -0.142. The van der Waals surface area contributed by atoms with Crippen molar-refractivity contribution in [1.82, 2.24) is 5.32 Å². The van der Waals surface area contributed by atoms with Gasteiger partial charge in [0.25, 0.3) is 0 Å². The molecule has 2 saturated carbocycles. The zero-order valence-electron chi connectivity index (χ0n) is 14.8. The number of aliphatic carboxylic acids is 1. The van der Waals surface area contributed by atoms with Crippen LogP contribution in [0.3, 0.4) is 0 Å². The van der Waals surface area contributed by atoms with E-state index >= 15 is 0 Å². The Kier molecular flexibility index (Phi) is 4.37. The Bertz CT molecular complexity index is 722. The topological polar surface area (TPSA) is 69.6 Å². The van der Waals surface area contributed by atoms with Crippen LogP contribution in [0.25, 0.3) is 0 Å². The molecule has 0 unspecified atom stereocenters. The second-order valence-electron chi connectivity index (χ2n) is 8.04. The SMILES string of the molecule is O=C(O)C1CCC(NC(=O)N2CC3(CCCC3)c3c(F)cccc32)CC1. The number of carboxylic acid groups (broad SMARTS) is 1. The van der Waals surface area contributed by atoms with E-state index in [4.69, 9.17) is 5.11 Å². The van der Waals surface area contributed by atoms with E-state index in [1.165, 1.54) is 6.07 Å². The predicted octanol–water partition coefficient (Wildman–Crippen LogP) is 3.81. The van der Waals surface area contributed by atoms with Crippen molar-refractivity contribution in [3.8, 4) is 0 Å². The van der Waals surface area contributed by atoms with Crippen LogP contribution in [0.2, 0.25) is 0 Å². The van der Waals surface area contributed by atoms with E-state index in [9.17, 15) is 14.0 Å². The van der Waals surface area contributed by atoms with Gasteiger partial charge in [-0.15, -0.1) is 0 Å². The van der Waals surface area contributed by atoms with Crippen molar-refractivity contribution in [2.45, 2.75) is 62.8 Å². The highest BCUT2D eigenvalue weighted by Gasteiger charge is 2.48. The van der Waals surface area contributed by atoms with Gasteiger partial charge in [0, 0.05) is 23.6 Å². The first-order valence-electron chi connectivity index (χ1n) is 9.60. The zero-order chi connectivity index (χ0) is 18.3. The number of rotatable bonds is 2. The summed E-state index contributed by atoms with van der Waals surface area (Å²) in [5.74, 6) is -1.25. The van der Waals surface area contributed by atoms with Gasteiger partial charge in [0.2, 0.25) is 0 Å². The highest BCUT2D eigenvalue weighted by molar-refractivity contribution is 5.95. The third kappa shape index (κ3) is 2.85. The first-order valence-corrected chi connectivity index (χ1v) is 9.60. The number of amides is 2. The van der Waals surface area contributed by atoms with E-state index < -0.39 is 5.97 Å². The molecule has 26 heavy (non-hydrogen) atoms. The number of urea groups is 1. The summed E-state index contributed by atoms with van der Waals surface area (Å²) in [4.78, 5) is 25.7. The quantitative estimate of drug-likeness (QED) is 0.843. The number of carboxylic acids is 1. The van der Waals surface area contributed by atoms with E-state index in [0.717, 1.165) is 25.7 Å². The average Bonchev–Trinajstić information content (AvgIpc) is 3.22. The Morgan fingerprint density at radius 1 is 1.15 bits per heavy atom. The molecule has 1 heterocycles. The van der Waals surface area contributed by atoms with Crippen molar-refractivity contribution in [3.05, 3.63) is 29.6 Å². The number of halogens is 1. The minimum Gasteiger partial charge on any atom is -0.481 e. The molecule has 4 rings (SSSR count). The molecule has 0 saturated heterocycles. The van der Waals surface area contributed by atoms with Crippen LogP contribution in [-0.2, 0) is 10.2 Å². The van der Waals surface area contributed by atoms with Gasteiger partial charge in [-0.3, -0.25) is 9.69 Å². The van der Waals surface area contributed by atoms with Crippen LogP contribution in [-0.4, -0.2) is 29.7 Å². The highest BCUT2D eigenvalue weighted by atomic mass is 19.1. The number of benzene rings is 1. The average molecular weight is 360 g/mol. The van der Waals surface area contributed by atoms with Crippen LogP contribution in [0.15, 0.2) is 18.2 Å². The van der Waals surface area contributed by atoms with Gasteiger partial charge in [0.1, 0.15) is 5.82 Å². The smallest absolute Gasteiger partial charge is 0.322 e. The Hall–Kier alpha value is -2.11. The number of nitrogens with one attached hydrogen (secondary N) is 1. The maximum atomic E-state index is 14.6. The number of hydrogen-bond acceptors (Lipinski definition) is 2. The first kappa shape index (κ1) is 17.3. The van der Waals surface area contributed by atoms with Gasteiger partial charge in [-0.1, -0.05) is 18.9 Å². The molecule has 1 aromatic carbocycles. The molecule has 2 N–H and O–H groups in total. The Labute approximate surface area is 152 Å². The Morgan fingerprint density at radius 3 is 2.50 bits per heavy atom. The molecule has 5 nitrogen and oxygen atoms in total. The maximum Gasteiger partial charge on any atom is 0.322 e. The van der Waals surface area contributed by atoms with Crippen LogP contribution in [0, 0.1) is 11.7 Å². The van der Waals surface area contributed by atoms with Gasteiger partial charge in [-0.2, -0.15) is 0 Å². The third-order valence-electron chi connectivity index (χ3n) is 6.48. The number of carbonyl (C=O) groups excluding carboxylic acids is 1.